The number of phosphoric ester groups is 1. The van der Waals surface area contributed by atoms with E-state index in [2.05, 4.69) is 13.6 Å². The molecule has 2 atom stereocenters. The molecular formula is C10H14F7O4P. The third-order valence-corrected chi connectivity index (χ3v) is 4.08. The van der Waals surface area contributed by atoms with Crippen molar-refractivity contribution in [1.29, 1.82) is 0 Å². The molecule has 1 fully saturated rings. The fourth-order valence-electron chi connectivity index (χ4n) is 1.74. The van der Waals surface area contributed by atoms with Gasteiger partial charge in [-0.3, -0.25) is 13.6 Å². The standard InChI is InChI=1S/C10H14F7O4P/c11-7-3-1-2-4-8(7)21-22(18,19-5-9(12,13)14)20-6-10(15,16)17/h7-8H,1-6H2. The first-order valence-electron chi connectivity index (χ1n) is 6.25. The topological polar surface area (TPSA) is 44.8 Å². The van der Waals surface area contributed by atoms with E-state index in [1.165, 1.54) is 0 Å². The van der Waals surface area contributed by atoms with Crippen LogP contribution in [0.4, 0.5) is 30.7 Å². The summed E-state index contributed by atoms with van der Waals surface area (Å²) >= 11 is 0. The normalized spacial score (nSPS) is 24.5. The van der Waals surface area contributed by atoms with Gasteiger partial charge in [-0.25, -0.2) is 8.96 Å². The fraction of sp³-hybridized carbons (Fsp3) is 1.00. The molecule has 0 spiro atoms. The van der Waals surface area contributed by atoms with Crippen molar-refractivity contribution < 1.29 is 48.9 Å². The Morgan fingerprint density at radius 2 is 1.36 bits per heavy atom. The van der Waals surface area contributed by atoms with Gasteiger partial charge < -0.3 is 0 Å². The second-order valence-electron chi connectivity index (χ2n) is 4.67. The SMILES string of the molecule is O=P(OCC(F)(F)F)(OCC(F)(F)F)OC1CCCCC1F. The maximum Gasteiger partial charge on any atom is 0.475 e. The van der Waals surface area contributed by atoms with Crippen LogP contribution in [0, 0.1) is 0 Å². The second-order valence-corrected chi connectivity index (χ2v) is 6.29. The Morgan fingerprint density at radius 3 is 1.77 bits per heavy atom. The van der Waals surface area contributed by atoms with E-state index in [0.717, 1.165) is 0 Å². The van der Waals surface area contributed by atoms with Crippen molar-refractivity contribution in [2.75, 3.05) is 13.2 Å². The Hall–Kier alpha value is -0.380. The van der Waals surface area contributed by atoms with E-state index >= 15 is 0 Å². The number of hydrogen-bond donors (Lipinski definition) is 0. The Balaban J connectivity index is 2.73. The molecule has 1 aliphatic carbocycles. The zero-order valence-electron chi connectivity index (χ0n) is 11.1. The van der Waals surface area contributed by atoms with Crippen molar-refractivity contribution in [3.63, 3.8) is 0 Å². The van der Waals surface area contributed by atoms with E-state index in [0.29, 0.717) is 12.8 Å². The molecule has 2 unspecified atom stereocenters. The Bertz CT molecular complexity index is 376. The van der Waals surface area contributed by atoms with E-state index in [1.54, 1.807) is 0 Å². The maximum atomic E-state index is 13.5. The number of halogens is 7. The molecule has 1 rings (SSSR count). The molecule has 1 saturated carbocycles. The minimum atomic E-state index is -5.20. The summed E-state index contributed by atoms with van der Waals surface area (Å²) < 4.78 is 110. The van der Waals surface area contributed by atoms with Crippen molar-refractivity contribution >= 4 is 7.82 Å². The fourth-order valence-corrected chi connectivity index (χ4v) is 3.11. The average Bonchev–Trinajstić information content (AvgIpc) is 2.36. The van der Waals surface area contributed by atoms with Gasteiger partial charge in [0.05, 0.1) is 0 Å². The van der Waals surface area contributed by atoms with Crippen LogP contribution in [0.15, 0.2) is 0 Å². The summed E-state index contributed by atoms with van der Waals surface area (Å²) in [7, 11) is -5.20. The summed E-state index contributed by atoms with van der Waals surface area (Å²) in [5, 5.41) is 0. The van der Waals surface area contributed by atoms with Crippen LogP contribution in [0.25, 0.3) is 0 Å². The number of alkyl halides is 7. The summed E-state index contributed by atoms with van der Waals surface area (Å²) in [6, 6.07) is 0. The van der Waals surface area contributed by atoms with Crippen LogP contribution in [-0.4, -0.2) is 37.8 Å². The van der Waals surface area contributed by atoms with Gasteiger partial charge in [-0.1, -0.05) is 12.8 Å². The second kappa shape index (κ2) is 7.46. The Morgan fingerprint density at radius 1 is 0.909 bits per heavy atom. The molecule has 0 saturated heterocycles. The molecule has 1 aliphatic rings. The van der Waals surface area contributed by atoms with Crippen LogP contribution in [0.2, 0.25) is 0 Å². The van der Waals surface area contributed by atoms with Gasteiger partial charge in [0.2, 0.25) is 0 Å². The zero-order chi connectivity index (χ0) is 17.0. The van der Waals surface area contributed by atoms with E-state index in [1.807, 2.05) is 0 Å². The molecule has 0 aromatic rings. The summed E-state index contributed by atoms with van der Waals surface area (Å²) in [5.74, 6) is 0. The lowest BCUT2D eigenvalue weighted by Crippen LogP contribution is -2.30. The molecule has 132 valence electrons. The minimum Gasteiger partial charge on any atom is -0.280 e. The summed E-state index contributed by atoms with van der Waals surface area (Å²) in [6.07, 6.45) is -12.1. The summed E-state index contributed by atoms with van der Waals surface area (Å²) in [6.45, 7) is -4.27. The predicted molar refractivity (Wildman–Crippen MR) is 59.9 cm³/mol. The van der Waals surface area contributed by atoms with Crippen molar-refractivity contribution in [1.82, 2.24) is 0 Å². The molecule has 22 heavy (non-hydrogen) atoms. The molecule has 0 heterocycles. The third kappa shape index (κ3) is 7.75. The third-order valence-electron chi connectivity index (χ3n) is 2.66. The smallest absolute Gasteiger partial charge is 0.280 e. The van der Waals surface area contributed by atoms with Crippen LogP contribution in [0.5, 0.6) is 0 Å². The lowest BCUT2D eigenvalue weighted by molar-refractivity contribution is -0.172. The first-order chi connectivity index (χ1) is 9.90. The van der Waals surface area contributed by atoms with Gasteiger partial charge in [-0.05, 0) is 12.8 Å². The highest BCUT2D eigenvalue weighted by Gasteiger charge is 2.42. The monoisotopic (exact) mass is 362 g/mol. The summed E-state index contributed by atoms with van der Waals surface area (Å²) in [5.41, 5.74) is 0. The maximum absolute atomic E-state index is 13.5. The van der Waals surface area contributed by atoms with Gasteiger partial charge in [-0.2, -0.15) is 26.3 Å². The van der Waals surface area contributed by atoms with E-state index < -0.39 is 45.7 Å². The largest absolute Gasteiger partial charge is 0.475 e. The van der Waals surface area contributed by atoms with Gasteiger partial charge in [0.15, 0.2) is 13.2 Å². The van der Waals surface area contributed by atoms with Gasteiger partial charge >= 0.3 is 20.2 Å². The van der Waals surface area contributed by atoms with Crippen LogP contribution in [0.3, 0.4) is 0 Å². The molecule has 0 radical (unpaired) electrons. The highest BCUT2D eigenvalue weighted by atomic mass is 31.2. The van der Waals surface area contributed by atoms with Crippen molar-refractivity contribution in [3.8, 4) is 0 Å². The van der Waals surface area contributed by atoms with Crippen LogP contribution >= 0.6 is 7.82 Å². The van der Waals surface area contributed by atoms with Crippen LogP contribution in [-0.2, 0) is 18.1 Å². The highest BCUT2D eigenvalue weighted by Crippen LogP contribution is 2.53. The Labute approximate surface area is 121 Å². The van der Waals surface area contributed by atoms with Crippen molar-refractivity contribution in [2.24, 2.45) is 0 Å². The van der Waals surface area contributed by atoms with E-state index in [9.17, 15) is 35.3 Å². The molecule has 4 nitrogen and oxygen atoms in total. The molecule has 0 aromatic carbocycles. The van der Waals surface area contributed by atoms with E-state index in [-0.39, 0.29) is 12.8 Å². The van der Waals surface area contributed by atoms with Crippen LogP contribution in [0.1, 0.15) is 25.7 Å². The van der Waals surface area contributed by atoms with Gasteiger partial charge in [0, 0.05) is 0 Å². The lowest BCUT2D eigenvalue weighted by Gasteiger charge is -2.29. The molecular weight excluding hydrogens is 348 g/mol. The first-order valence-corrected chi connectivity index (χ1v) is 7.71. The quantitative estimate of drug-likeness (QED) is 0.514. The number of hydrogen-bond acceptors (Lipinski definition) is 4. The van der Waals surface area contributed by atoms with E-state index in [4.69, 9.17) is 0 Å². The lowest BCUT2D eigenvalue weighted by atomic mass is 9.96. The molecule has 0 aromatic heterocycles. The van der Waals surface area contributed by atoms with Gasteiger partial charge in [-0.15, -0.1) is 0 Å². The highest BCUT2D eigenvalue weighted by molar-refractivity contribution is 7.48. The molecule has 12 heteroatoms. The van der Waals surface area contributed by atoms with Crippen molar-refractivity contribution in [3.05, 3.63) is 0 Å². The average molecular weight is 362 g/mol. The summed E-state index contributed by atoms with van der Waals surface area (Å²) in [4.78, 5) is 0. The zero-order valence-corrected chi connectivity index (χ0v) is 12.0. The molecule has 0 aliphatic heterocycles. The predicted octanol–water partition coefficient (Wildman–Crippen LogP) is 4.55. The van der Waals surface area contributed by atoms with Gasteiger partial charge in [0.25, 0.3) is 0 Å². The van der Waals surface area contributed by atoms with Crippen molar-refractivity contribution in [2.45, 2.75) is 50.3 Å². The molecule has 0 N–H and O–H groups in total. The molecule has 0 amide bonds. The van der Waals surface area contributed by atoms with Gasteiger partial charge in [0.1, 0.15) is 12.3 Å². The number of rotatable bonds is 6. The van der Waals surface area contributed by atoms with Crippen LogP contribution < -0.4 is 0 Å². The first kappa shape index (κ1) is 19.7. The minimum absolute atomic E-state index is 0.00318. The Kier molecular flexibility index (Phi) is 6.67. The number of phosphoric acid groups is 1. The molecule has 0 bridgehead atoms.